The average molecular weight is 493 g/mol. The van der Waals surface area contributed by atoms with E-state index in [9.17, 15) is 4.79 Å². The monoisotopic (exact) mass is 492 g/mol. The van der Waals surface area contributed by atoms with Gasteiger partial charge in [0.15, 0.2) is 0 Å². The summed E-state index contributed by atoms with van der Waals surface area (Å²) in [5, 5.41) is 1.12. The fourth-order valence-electron chi connectivity index (χ4n) is 4.73. The Kier molecular flexibility index (Phi) is 7.17. The molecule has 0 bridgehead atoms. The van der Waals surface area contributed by atoms with Crippen molar-refractivity contribution in [3.8, 4) is 5.75 Å². The number of fused-ring (bicyclic) bond motifs is 2. The fraction of sp³-hybridized carbons (Fsp3) is 0.258. The largest absolute Gasteiger partial charge is 0.494 e. The number of carbonyl (C=O) groups excluding carboxylic acids is 1. The van der Waals surface area contributed by atoms with Crippen molar-refractivity contribution in [2.24, 2.45) is 0 Å². The molecule has 0 fully saturated rings. The lowest BCUT2D eigenvalue weighted by atomic mass is 10.1. The van der Waals surface area contributed by atoms with E-state index >= 15 is 0 Å². The van der Waals surface area contributed by atoms with Crippen molar-refractivity contribution in [1.29, 1.82) is 0 Å². The molecule has 5 rings (SSSR count). The Morgan fingerprint density at radius 1 is 0.865 bits per heavy atom. The predicted octanol–water partition coefficient (Wildman–Crippen LogP) is 6.10. The second-order valence-electron chi connectivity index (χ2n) is 9.04. The highest BCUT2D eigenvalue weighted by molar-refractivity contribution is 5.97. The molecule has 0 radical (unpaired) electrons. The van der Waals surface area contributed by atoms with Gasteiger partial charge in [0.2, 0.25) is 0 Å². The summed E-state index contributed by atoms with van der Waals surface area (Å²) < 4.78 is 7.82. The number of ether oxygens (including phenoxy) is 1. The van der Waals surface area contributed by atoms with Crippen LogP contribution in [0.2, 0.25) is 0 Å². The molecule has 37 heavy (non-hydrogen) atoms. The summed E-state index contributed by atoms with van der Waals surface area (Å²) in [5.74, 6) is 1.83. The molecule has 0 spiro atoms. The van der Waals surface area contributed by atoms with Gasteiger partial charge in [0.05, 0.1) is 35.4 Å². The van der Waals surface area contributed by atoms with E-state index in [0.717, 1.165) is 44.8 Å². The molecule has 6 heteroatoms. The summed E-state index contributed by atoms with van der Waals surface area (Å²) in [6.07, 6.45) is 0.661. The molecule has 2 aromatic heterocycles. The van der Waals surface area contributed by atoms with Crippen LogP contribution in [0.5, 0.6) is 5.75 Å². The zero-order chi connectivity index (χ0) is 25.8. The Labute approximate surface area is 217 Å². The molecule has 0 saturated heterocycles. The lowest BCUT2D eigenvalue weighted by Crippen LogP contribution is -2.30. The van der Waals surface area contributed by atoms with Crippen LogP contribution in [-0.4, -0.2) is 45.0 Å². The fourth-order valence-corrected chi connectivity index (χ4v) is 4.73. The number of pyridine rings is 1. The van der Waals surface area contributed by atoms with Crippen LogP contribution in [-0.2, 0) is 13.0 Å². The van der Waals surface area contributed by atoms with Crippen molar-refractivity contribution in [2.75, 3.05) is 19.7 Å². The van der Waals surface area contributed by atoms with Crippen LogP contribution < -0.4 is 4.74 Å². The van der Waals surface area contributed by atoms with Gasteiger partial charge in [-0.15, -0.1) is 0 Å². The van der Waals surface area contributed by atoms with E-state index in [4.69, 9.17) is 14.7 Å². The first-order valence-corrected chi connectivity index (χ1v) is 12.9. The Morgan fingerprint density at radius 2 is 1.65 bits per heavy atom. The van der Waals surface area contributed by atoms with Crippen LogP contribution in [0, 0.1) is 0 Å². The Balaban J connectivity index is 1.55. The van der Waals surface area contributed by atoms with Crippen LogP contribution in [0.3, 0.4) is 0 Å². The van der Waals surface area contributed by atoms with Gasteiger partial charge >= 0.3 is 0 Å². The summed E-state index contributed by atoms with van der Waals surface area (Å²) >= 11 is 0. The minimum Gasteiger partial charge on any atom is -0.494 e. The van der Waals surface area contributed by atoms with Crippen molar-refractivity contribution >= 4 is 27.8 Å². The molecular formula is C31H32N4O2. The first kappa shape index (κ1) is 24.5. The quantitative estimate of drug-likeness (QED) is 0.249. The topological polar surface area (TPSA) is 60.2 Å². The number of hydrogen-bond acceptors (Lipinski definition) is 4. The van der Waals surface area contributed by atoms with E-state index in [1.165, 1.54) is 0 Å². The average Bonchev–Trinajstić information content (AvgIpc) is 3.26. The molecule has 3 aromatic carbocycles. The van der Waals surface area contributed by atoms with Crippen molar-refractivity contribution in [1.82, 2.24) is 19.4 Å². The van der Waals surface area contributed by atoms with Gasteiger partial charge in [-0.05, 0) is 68.8 Å². The van der Waals surface area contributed by atoms with Crippen LogP contribution in [0.1, 0.15) is 48.2 Å². The van der Waals surface area contributed by atoms with Crippen LogP contribution >= 0.6 is 0 Å². The highest BCUT2D eigenvalue weighted by Gasteiger charge is 2.17. The molecule has 2 heterocycles. The van der Waals surface area contributed by atoms with Gasteiger partial charge < -0.3 is 14.2 Å². The molecule has 0 aliphatic carbocycles. The molecule has 188 valence electrons. The van der Waals surface area contributed by atoms with E-state index in [2.05, 4.69) is 34.9 Å². The van der Waals surface area contributed by atoms with Gasteiger partial charge in [-0.3, -0.25) is 9.78 Å². The first-order valence-electron chi connectivity index (χ1n) is 12.9. The Morgan fingerprint density at radius 3 is 2.41 bits per heavy atom. The van der Waals surface area contributed by atoms with Gasteiger partial charge in [0, 0.05) is 30.5 Å². The molecule has 1 amide bonds. The van der Waals surface area contributed by atoms with Crippen molar-refractivity contribution < 1.29 is 9.53 Å². The summed E-state index contributed by atoms with van der Waals surface area (Å²) in [5.41, 5.74) is 5.56. The van der Waals surface area contributed by atoms with Crippen LogP contribution in [0.4, 0.5) is 0 Å². The van der Waals surface area contributed by atoms with E-state index in [1.54, 1.807) is 0 Å². The maximum absolute atomic E-state index is 13.0. The maximum Gasteiger partial charge on any atom is 0.253 e. The van der Waals surface area contributed by atoms with Gasteiger partial charge in [-0.1, -0.05) is 36.4 Å². The van der Waals surface area contributed by atoms with Gasteiger partial charge in [-0.2, -0.15) is 0 Å². The number of imidazole rings is 1. The molecule has 0 unspecified atom stereocenters. The van der Waals surface area contributed by atoms with E-state index in [1.807, 2.05) is 74.2 Å². The van der Waals surface area contributed by atoms with Gasteiger partial charge in [0.1, 0.15) is 11.6 Å². The third kappa shape index (κ3) is 5.19. The molecule has 0 aliphatic heterocycles. The molecular weight excluding hydrogens is 460 g/mol. The number of nitrogens with zero attached hydrogens (tertiary/aromatic N) is 4. The van der Waals surface area contributed by atoms with E-state index in [0.29, 0.717) is 38.2 Å². The SMILES string of the molecule is CCOc1ccc(Cc2nc3cc(C(=O)N(CC)CC)ccc3n2Cc2ccc3ccccc3n2)cc1. The summed E-state index contributed by atoms with van der Waals surface area (Å²) in [7, 11) is 0. The second kappa shape index (κ2) is 10.8. The molecule has 6 nitrogen and oxygen atoms in total. The first-order chi connectivity index (χ1) is 18.1. The third-order valence-corrected chi connectivity index (χ3v) is 6.70. The second-order valence-corrected chi connectivity index (χ2v) is 9.04. The lowest BCUT2D eigenvalue weighted by molar-refractivity contribution is 0.0773. The maximum atomic E-state index is 13.0. The zero-order valence-corrected chi connectivity index (χ0v) is 21.6. The van der Waals surface area contributed by atoms with E-state index < -0.39 is 0 Å². The number of amides is 1. The van der Waals surface area contributed by atoms with Gasteiger partial charge in [0.25, 0.3) is 5.91 Å². The van der Waals surface area contributed by atoms with Crippen LogP contribution in [0.25, 0.3) is 21.9 Å². The minimum atomic E-state index is 0.0331. The van der Waals surface area contributed by atoms with Crippen molar-refractivity contribution in [3.05, 3.63) is 102 Å². The number of aromatic nitrogens is 3. The standard InChI is InChI=1S/C31H32N4O2/c1-4-34(5-2)31(36)24-14-18-29-28(20-24)33-30(19-22-11-16-26(17-12-22)37-6-3)35(29)21-25-15-13-23-9-7-8-10-27(23)32-25/h7-18,20H,4-6,19,21H2,1-3H3. The molecule has 0 N–H and O–H groups in total. The summed E-state index contributed by atoms with van der Waals surface area (Å²) in [4.78, 5) is 24.7. The lowest BCUT2D eigenvalue weighted by Gasteiger charge is -2.18. The van der Waals surface area contributed by atoms with Crippen molar-refractivity contribution in [3.63, 3.8) is 0 Å². The number of para-hydroxylation sites is 1. The predicted molar refractivity (Wildman–Crippen MR) is 148 cm³/mol. The van der Waals surface area contributed by atoms with Crippen LogP contribution in [0.15, 0.2) is 78.9 Å². The van der Waals surface area contributed by atoms with Gasteiger partial charge in [-0.25, -0.2) is 4.98 Å². The smallest absolute Gasteiger partial charge is 0.253 e. The molecule has 0 saturated carbocycles. The Hall–Kier alpha value is -4.19. The highest BCUT2D eigenvalue weighted by Crippen LogP contribution is 2.24. The third-order valence-electron chi connectivity index (χ3n) is 6.70. The minimum absolute atomic E-state index is 0.0331. The summed E-state index contributed by atoms with van der Waals surface area (Å²) in [6.45, 7) is 8.58. The highest BCUT2D eigenvalue weighted by atomic mass is 16.5. The number of benzene rings is 3. The number of carbonyl (C=O) groups is 1. The molecule has 0 atom stereocenters. The molecule has 0 aliphatic rings. The van der Waals surface area contributed by atoms with E-state index in [-0.39, 0.29) is 5.91 Å². The van der Waals surface area contributed by atoms with Crippen molar-refractivity contribution in [2.45, 2.75) is 33.7 Å². The number of rotatable bonds is 9. The Bertz CT molecular complexity index is 1530. The zero-order valence-electron chi connectivity index (χ0n) is 21.6. The normalized spacial score (nSPS) is 11.2. The summed E-state index contributed by atoms with van der Waals surface area (Å²) in [6, 6.07) is 26.3. The molecule has 5 aromatic rings. The number of hydrogen-bond donors (Lipinski definition) is 0.